The van der Waals surface area contributed by atoms with Crippen LogP contribution in [0.3, 0.4) is 0 Å². The molecule has 2 unspecified atom stereocenters. The van der Waals surface area contributed by atoms with Gasteiger partial charge in [-0.15, -0.1) is 12.3 Å². The molecule has 0 aromatic heterocycles. The lowest BCUT2D eigenvalue weighted by atomic mass is 9.91. The van der Waals surface area contributed by atoms with Crippen LogP contribution < -0.4 is 5.73 Å². The second kappa shape index (κ2) is 5.86. The van der Waals surface area contributed by atoms with Crippen molar-refractivity contribution < 1.29 is 4.74 Å². The molecular weight excluding hydrogens is 210 g/mol. The van der Waals surface area contributed by atoms with Crippen LogP contribution in [0.2, 0.25) is 0 Å². The normalized spacial score (nSPS) is 20.4. The van der Waals surface area contributed by atoms with Crippen LogP contribution in [0.1, 0.15) is 36.5 Å². The first-order chi connectivity index (χ1) is 8.33. The van der Waals surface area contributed by atoms with Gasteiger partial charge in [0.15, 0.2) is 0 Å². The fourth-order valence-electron chi connectivity index (χ4n) is 2.37. The summed E-state index contributed by atoms with van der Waals surface area (Å²) in [6.07, 6.45) is 8.96. The zero-order valence-electron chi connectivity index (χ0n) is 10.1. The fourth-order valence-corrected chi connectivity index (χ4v) is 2.37. The lowest BCUT2D eigenvalue weighted by molar-refractivity contribution is 0.0224. The molecule has 0 spiro atoms. The monoisotopic (exact) mass is 229 g/mol. The number of terminal acetylenes is 1. The van der Waals surface area contributed by atoms with E-state index in [1.165, 1.54) is 11.1 Å². The predicted octanol–water partition coefficient (Wildman–Crippen LogP) is 2.43. The molecule has 2 N–H and O–H groups in total. The van der Waals surface area contributed by atoms with Crippen molar-refractivity contribution in [3.8, 4) is 12.3 Å². The second-order valence-electron chi connectivity index (χ2n) is 4.50. The molecule has 0 bridgehead atoms. The van der Waals surface area contributed by atoms with Crippen LogP contribution >= 0.6 is 0 Å². The minimum absolute atomic E-state index is 0.0396. The van der Waals surface area contributed by atoms with Crippen molar-refractivity contribution in [1.29, 1.82) is 0 Å². The van der Waals surface area contributed by atoms with Gasteiger partial charge in [0.2, 0.25) is 0 Å². The highest BCUT2D eigenvalue weighted by atomic mass is 16.5. The number of hydrogen-bond acceptors (Lipinski definition) is 2. The van der Waals surface area contributed by atoms with E-state index >= 15 is 0 Å². The van der Waals surface area contributed by atoms with Gasteiger partial charge in [-0.1, -0.05) is 24.3 Å². The van der Waals surface area contributed by atoms with Crippen LogP contribution in [0.25, 0.3) is 0 Å². The van der Waals surface area contributed by atoms with Crippen LogP contribution in [-0.4, -0.2) is 12.6 Å². The maximum atomic E-state index is 6.21. The Labute approximate surface area is 103 Å². The summed E-state index contributed by atoms with van der Waals surface area (Å²) in [5.41, 5.74) is 8.84. The third kappa shape index (κ3) is 2.88. The molecular formula is C15H19NO. The highest BCUT2D eigenvalue weighted by Gasteiger charge is 2.25. The number of rotatable bonds is 4. The van der Waals surface area contributed by atoms with Gasteiger partial charge in [0.25, 0.3) is 0 Å². The number of benzene rings is 1. The third-order valence-electron chi connectivity index (χ3n) is 3.28. The Morgan fingerprint density at radius 3 is 3.12 bits per heavy atom. The van der Waals surface area contributed by atoms with Crippen molar-refractivity contribution in [2.45, 2.75) is 37.8 Å². The van der Waals surface area contributed by atoms with Gasteiger partial charge in [-0.3, -0.25) is 0 Å². The second-order valence-corrected chi connectivity index (χ2v) is 4.50. The Kier molecular flexibility index (Phi) is 4.19. The zero-order chi connectivity index (χ0) is 12.1. The Morgan fingerprint density at radius 2 is 2.29 bits per heavy atom. The summed E-state index contributed by atoms with van der Waals surface area (Å²) >= 11 is 0. The topological polar surface area (TPSA) is 35.2 Å². The number of fused-ring (bicyclic) bond motifs is 1. The average molecular weight is 229 g/mol. The summed E-state index contributed by atoms with van der Waals surface area (Å²) in [6.45, 7) is 0.768. The Bertz CT molecular complexity index is 408. The maximum absolute atomic E-state index is 6.21. The molecule has 2 heteroatoms. The van der Waals surface area contributed by atoms with Gasteiger partial charge >= 0.3 is 0 Å². The highest BCUT2D eigenvalue weighted by Crippen LogP contribution is 2.30. The molecule has 1 aliphatic heterocycles. The third-order valence-corrected chi connectivity index (χ3v) is 3.28. The molecule has 0 radical (unpaired) electrons. The Morgan fingerprint density at radius 1 is 1.47 bits per heavy atom. The first-order valence-corrected chi connectivity index (χ1v) is 6.21. The van der Waals surface area contributed by atoms with Crippen LogP contribution in [0.5, 0.6) is 0 Å². The van der Waals surface area contributed by atoms with Gasteiger partial charge in [0.1, 0.15) is 0 Å². The summed E-state index contributed by atoms with van der Waals surface area (Å²) in [5.74, 6) is 2.65. The minimum atomic E-state index is 0.0396. The summed E-state index contributed by atoms with van der Waals surface area (Å²) in [6, 6.07) is 8.46. The van der Waals surface area contributed by atoms with E-state index in [2.05, 4.69) is 30.2 Å². The van der Waals surface area contributed by atoms with Crippen LogP contribution in [-0.2, 0) is 11.2 Å². The van der Waals surface area contributed by atoms with E-state index < -0.39 is 0 Å². The lowest BCUT2D eigenvalue weighted by Gasteiger charge is -2.30. The molecule has 1 heterocycles. The lowest BCUT2D eigenvalue weighted by Crippen LogP contribution is -2.33. The summed E-state index contributed by atoms with van der Waals surface area (Å²) < 4.78 is 5.82. The van der Waals surface area contributed by atoms with E-state index in [0.717, 1.165) is 32.3 Å². The summed E-state index contributed by atoms with van der Waals surface area (Å²) in [7, 11) is 0. The molecule has 2 rings (SSSR count). The van der Waals surface area contributed by atoms with Crippen molar-refractivity contribution in [3.63, 3.8) is 0 Å². The number of unbranched alkanes of at least 4 members (excludes halogenated alkanes) is 1. The molecule has 1 aromatic rings. The largest absolute Gasteiger partial charge is 0.372 e. The number of nitrogens with two attached hydrogens (primary N) is 1. The van der Waals surface area contributed by atoms with Gasteiger partial charge in [0, 0.05) is 12.5 Å². The molecule has 0 saturated carbocycles. The molecule has 17 heavy (non-hydrogen) atoms. The SMILES string of the molecule is C#CCCCC(N)C1OCCc2ccccc21. The quantitative estimate of drug-likeness (QED) is 0.635. The highest BCUT2D eigenvalue weighted by molar-refractivity contribution is 5.31. The van der Waals surface area contributed by atoms with Crippen molar-refractivity contribution >= 4 is 0 Å². The van der Waals surface area contributed by atoms with E-state index in [9.17, 15) is 0 Å². The van der Waals surface area contributed by atoms with E-state index in [1.807, 2.05) is 0 Å². The van der Waals surface area contributed by atoms with Gasteiger partial charge in [0.05, 0.1) is 12.7 Å². The number of hydrogen-bond donors (Lipinski definition) is 1. The van der Waals surface area contributed by atoms with Gasteiger partial charge in [-0.25, -0.2) is 0 Å². The first kappa shape index (κ1) is 12.2. The molecule has 90 valence electrons. The molecule has 1 aromatic carbocycles. The summed E-state index contributed by atoms with van der Waals surface area (Å²) in [5, 5.41) is 0. The predicted molar refractivity (Wildman–Crippen MR) is 69.5 cm³/mol. The van der Waals surface area contributed by atoms with E-state index in [-0.39, 0.29) is 12.1 Å². The molecule has 0 saturated heterocycles. The van der Waals surface area contributed by atoms with E-state index in [4.69, 9.17) is 16.9 Å². The Balaban J connectivity index is 2.05. The summed E-state index contributed by atoms with van der Waals surface area (Å²) in [4.78, 5) is 0. The van der Waals surface area contributed by atoms with E-state index in [0.29, 0.717) is 0 Å². The van der Waals surface area contributed by atoms with Crippen LogP contribution in [0, 0.1) is 12.3 Å². The van der Waals surface area contributed by atoms with Gasteiger partial charge in [-0.2, -0.15) is 0 Å². The van der Waals surface area contributed by atoms with Gasteiger partial charge < -0.3 is 10.5 Å². The fraction of sp³-hybridized carbons (Fsp3) is 0.467. The maximum Gasteiger partial charge on any atom is 0.0978 e. The smallest absolute Gasteiger partial charge is 0.0978 e. The average Bonchev–Trinajstić information content (AvgIpc) is 2.38. The molecule has 0 amide bonds. The molecule has 0 fully saturated rings. The zero-order valence-corrected chi connectivity index (χ0v) is 10.1. The molecule has 2 nitrogen and oxygen atoms in total. The van der Waals surface area contributed by atoms with Crippen molar-refractivity contribution in [3.05, 3.63) is 35.4 Å². The standard InChI is InChI=1S/C15H19NO/c1-2-3-4-9-14(16)15-13-8-6-5-7-12(13)10-11-17-15/h1,5-8,14-15H,3-4,9-11,16H2. The number of ether oxygens (including phenoxy) is 1. The van der Waals surface area contributed by atoms with Crippen LogP contribution in [0.15, 0.2) is 24.3 Å². The van der Waals surface area contributed by atoms with Gasteiger partial charge in [-0.05, 0) is 30.4 Å². The molecule has 0 aliphatic carbocycles. The minimum Gasteiger partial charge on any atom is -0.372 e. The van der Waals surface area contributed by atoms with Crippen molar-refractivity contribution in [2.24, 2.45) is 5.73 Å². The molecule has 2 atom stereocenters. The molecule has 1 aliphatic rings. The Hall–Kier alpha value is -1.30. The first-order valence-electron chi connectivity index (χ1n) is 6.21. The van der Waals surface area contributed by atoms with Crippen molar-refractivity contribution in [2.75, 3.05) is 6.61 Å². The van der Waals surface area contributed by atoms with E-state index in [1.54, 1.807) is 0 Å². The van der Waals surface area contributed by atoms with Crippen molar-refractivity contribution in [1.82, 2.24) is 0 Å². The van der Waals surface area contributed by atoms with Crippen LogP contribution in [0.4, 0.5) is 0 Å².